The van der Waals surface area contributed by atoms with E-state index in [0.29, 0.717) is 21.4 Å². The van der Waals surface area contributed by atoms with Crippen molar-refractivity contribution >= 4 is 46.6 Å². The molecule has 2 aromatic rings. The van der Waals surface area contributed by atoms with Gasteiger partial charge in [-0.1, -0.05) is 29.3 Å². The molecule has 0 aliphatic carbocycles. The Labute approximate surface area is 147 Å². The number of nitrogens with zero attached hydrogens (tertiary/aromatic N) is 1. The third kappa shape index (κ3) is 4.47. The molecule has 0 saturated heterocycles. The van der Waals surface area contributed by atoms with Crippen molar-refractivity contribution in [3.63, 3.8) is 0 Å². The molecule has 0 saturated carbocycles. The second-order valence-electron chi connectivity index (χ2n) is 4.63. The van der Waals surface area contributed by atoms with E-state index >= 15 is 0 Å². The zero-order valence-corrected chi connectivity index (χ0v) is 14.0. The highest BCUT2D eigenvalue weighted by Crippen LogP contribution is 2.29. The number of carbonyl (C=O) groups excluding carboxylic acids is 1. The van der Waals surface area contributed by atoms with Gasteiger partial charge in [-0.05, 0) is 35.9 Å². The SMILES string of the molecule is COc1ccc(NC(=O)C=Cc2ccc(Cl)cc2Cl)c([N+](=O)[O-])c1. The lowest BCUT2D eigenvalue weighted by atomic mass is 10.2. The number of methoxy groups -OCH3 is 1. The Balaban J connectivity index is 2.17. The van der Waals surface area contributed by atoms with Crippen molar-refractivity contribution in [3.05, 3.63) is 68.2 Å². The van der Waals surface area contributed by atoms with E-state index in [1.54, 1.807) is 18.2 Å². The zero-order chi connectivity index (χ0) is 17.7. The van der Waals surface area contributed by atoms with Crippen LogP contribution in [0.5, 0.6) is 5.75 Å². The number of hydrogen-bond acceptors (Lipinski definition) is 4. The summed E-state index contributed by atoms with van der Waals surface area (Å²) >= 11 is 11.8. The quantitative estimate of drug-likeness (QED) is 0.477. The average Bonchev–Trinajstić information content (AvgIpc) is 2.54. The molecule has 0 heterocycles. The minimum atomic E-state index is -0.599. The van der Waals surface area contributed by atoms with Crippen LogP contribution in [0.15, 0.2) is 42.5 Å². The molecule has 24 heavy (non-hydrogen) atoms. The van der Waals surface area contributed by atoms with Crippen molar-refractivity contribution in [2.75, 3.05) is 12.4 Å². The molecule has 0 unspecified atom stereocenters. The Morgan fingerprint density at radius 2 is 2.00 bits per heavy atom. The van der Waals surface area contributed by atoms with E-state index in [1.165, 1.54) is 37.5 Å². The number of nitrogens with one attached hydrogen (secondary N) is 1. The molecule has 6 nitrogen and oxygen atoms in total. The first-order chi connectivity index (χ1) is 11.4. The fourth-order valence-electron chi connectivity index (χ4n) is 1.87. The number of ether oxygens (including phenoxy) is 1. The van der Waals surface area contributed by atoms with Crippen LogP contribution >= 0.6 is 23.2 Å². The Bertz CT molecular complexity index is 822. The van der Waals surface area contributed by atoms with Gasteiger partial charge in [-0.15, -0.1) is 0 Å². The van der Waals surface area contributed by atoms with E-state index in [-0.39, 0.29) is 11.4 Å². The van der Waals surface area contributed by atoms with Gasteiger partial charge in [0.15, 0.2) is 0 Å². The van der Waals surface area contributed by atoms with Gasteiger partial charge < -0.3 is 10.1 Å². The molecule has 124 valence electrons. The van der Waals surface area contributed by atoms with Crippen LogP contribution in [0.1, 0.15) is 5.56 Å². The van der Waals surface area contributed by atoms with Crippen LogP contribution in [0, 0.1) is 10.1 Å². The molecule has 0 bridgehead atoms. The molecule has 0 fully saturated rings. The highest BCUT2D eigenvalue weighted by molar-refractivity contribution is 6.35. The fourth-order valence-corrected chi connectivity index (χ4v) is 2.34. The molecule has 1 N–H and O–H groups in total. The normalized spacial score (nSPS) is 10.6. The van der Waals surface area contributed by atoms with E-state index in [2.05, 4.69) is 5.32 Å². The van der Waals surface area contributed by atoms with E-state index in [0.717, 1.165) is 0 Å². The second-order valence-corrected chi connectivity index (χ2v) is 5.47. The van der Waals surface area contributed by atoms with Crippen LogP contribution in [0.4, 0.5) is 11.4 Å². The van der Waals surface area contributed by atoms with E-state index in [1.807, 2.05) is 0 Å². The van der Waals surface area contributed by atoms with E-state index in [9.17, 15) is 14.9 Å². The summed E-state index contributed by atoms with van der Waals surface area (Å²) in [5, 5.41) is 14.4. The molecule has 8 heteroatoms. The average molecular weight is 367 g/mol. The number of rotatable bonds is 5. The summed E-state index contributed by atoms with van der Waals surface area (Å²) in [5.41, 5.74) is 0.402. The van der Waals surface area contributed by atoms with Crippen LogP contribution in [0.25, 0.3) is 6.08 Å². The largest absolute Gasteiger partial charge is 0.496 e. The molecule has 0 radical (unpaired) electrons. The Morgan fingerprint density at radius 3 is 2.62 bits per heavy atom. The maximum atomic E-state index is 12.0. The molecular weight excluding hydrogens is 355 g/mol. The molecule has 1 amide bonds. The molecule has 0 aliphatic heterocycles. The standard InChI is InChI=1S/C16H12Cl2N2O4/c1-24-12-5-6-14(15(9-12)20(22)23)19-16(21)7-3-10-2-4-11(17)8-13(10)18/h2-9H,1H3,(H,19,21). The van der Waals surface area contributed by atoms with Crippen LogP contribution < -0.4 is 10.1 Å². The monoisotopic (exact) mass is 366 g/mol. The minimum Gasteiger partial charge on any atom is -0.496 e. The molecule has 0 aromatic heterocycles. The zero-order valence-electron chi connectivity index (χ0n) is 12.5. The second kappa shape index (κ2) is 7.81. The van der Waals surface area contributed by atoms with Crippen molar-refractivity contribution in [1.29, 1.82) is 0 Å². The third-order valence-electron chi connectivity index (χ3n) is 3.04. The van der Waals surface area contributed by atoms with Crippen molar-refractivity contribution in [1.82, 2.24) is 0 Å². The Morgan fingerprint density at radius 1 is 1.25 bits per heavy atom. The molecule has 2 rings (SSSR count). The predicted molar refractivity (Wildman–Crippen MR) is 93.8 cm³/mol. The number of nitro benzene ring substituents is 1. The summed E-state index contributed by atoms with van der Waals surface area (Å²) in [5.74, 6) is -0.211. The first-order valence-corrected chi connectivity index (χ1v) is 7.43. The van der Waals surface area contributed by atoms with Gasteiger partial charge in [0.05, 0.1) is 18.1 Å². The van der Waals surface area contributed by atoms with Crippen molar-refractivity contribution in [2.24, 2.45) is 0 Å². The molecule has 0 aliphatic rings. The maximum absolute atomic E-state index is 12.0. The summed E-state index contributed by atoms with van der Waals surface area (Å²) in [6, 6.07) is 8.99. The van der Waals surface area contributed by atoms with Gasteiger partial charge in [-0.25, -0.2) is 0 Å². The summed E-state index contributed by atoms with van der Waals surface area (Å²) in [7, 11) is 1.40. The van der Waals surface area contributed by atoms with Gasteiger partial charge in [0.2, 0.25) is 5.91 Å². The highest BCUT2D eigenvalue weighted by Gasteiger charge is 2.16. The Hall–Kier alpha value is -2.57. The van der Waals surface area contributed by atoms with Gasteiger partial charge >= 0.3 is 0 Å². The summed E-state index contributed by atoms with van der Waals surface area (Å²) < 4.78 is 4.94. The Kier molecular flexibility index (Phi) is 5.78. The number of carbonyl (C=O) groups is 1. The molecule has 2 aromatic carbocycles. The van der Waals surface area contributed by atoms with Crippen LogP contribution in [0.2, 0.25) is 10.0 Å². The van der Waals surface area contributed by atoms with Gasteiger partial charge in [0, 0.05) is 16.1 Å². The lowest BCUT2D eigenvalue weighted by Gasteiger charge is -2.06. The summed E-state index contributed by atoms with van der Waals surface area (Å²) in [6.07, 6.45) is 2.71. The smallest absolute Gasteiger partial charge is 0.296 e. The lowest BCUT2D eigenvalue weighted by Crippen LogP contribution is -2.09. The number of amides is 1. The van der Waals surface area contributed by atoms with Gasteiger partial charge in [0.25, 0.3) is 5.69 Å². The van der Waals surface area contributed by atoms with Crippen LogP contribution in [-0.4, -0.2) is 17.9 Å². The van der Waals surface area contributed by atoms with Crippen LogP contribution in [-0.2, 0) is 4.79 Å². The number of benzene rings is 2. The molecule has 0 spiro atoms. The predicted octanol–water partition coefficient (Wildman–Crippen LogP) is 4.56. The van der Waals surface area contributed by atoms with Gasteiger partial charge in [-0.3, -0.25) is 14.9 Å². The molecular formula is C16H12Cl2N2O4. The number of nitro groups is 1. The summed E-state index contributed by atoms with van der Waals surface area (Å²) in [6.45, 7) is 0. The minimum absolute atomic E-state index is 0.0673. The van der Waals surface area contributed by atoms with Crippen molar-refractivity contribution < 1.29 is 14.5 Å². The number of hydrogen-bond donors (Lipinski definition) is 1. The summed E-state index contributed by atoms with van der Waals surface area (Å²) in [4.78, 5) is 22.5. The van der Waals surface area contributed by atoms with Crippen LogP contribution in [0.3, 0.4) is 0 Å². The number of halogens is 2. The third-order valence-corrected chi connectivity index (χ3v) is 3.60. The lowest BCUT2D eigenvalue weighted by molar-refractivity contribution is -0.384. The van der Waals surface area contributed by atoms with Crippen molar-refractivity contribution in [3.8, 4) is 5.75 Å². The van der Waals surface area contributed by atoms with E-state index < -0.39 is 10.8 Å². The first-order valence-electron chi connectivity index (χ1n) is 6.67. The first kappa shape index (κ1) is 17.8. The highest BCUT2D eigenvalue weighted by atomic mass is 35.5. The fraction of sp³-hybridized carbons (Fsp3) is 0.0625. The topological polar surface area (TPSA) is 81.5 Å². The van der Waals surface area contributed by atoms with E-state index in [4.69, 9.17) is 27.9 Å². The maximum Gasteiger partial charge on any atom is 0.296 e. The van der Waals surface area contributed by atoms with Gasteiger partial charge in [0.1, 0.15) is 11.4 Å². The molecule has 0 atom stereocenters. The van der Waals surface area contributed by atoms with Crippen molar-refractivity contribution in [2.45, 2.75) is 0 Å². The van der Waals surface area contributed by atoms with Gasteiger partial charge in [-0.2, -0.15) is 0 Å². The number of anilines is 1.